The Balaban J connectivity index is 2.35. The molecule has 86 valence electrons. The second-order valence-corrected chi connectivity index (χ2v) is 3.24. The van der Waals surface area contributed by atoms with Crippen LogP contribution in [0.4, 0.5) is 0 Å². The third-order valence-corrected chi connectivity index (χ3v) is 2.06. The molecule has 0 saturated carbocycles. The van der Waals surface area contributed by atoms with Gasteiger partial charge in [0.05, 0.1) is 25.5 Å². The zero-order valence-corrected chi connectivity index (χ0v) is 9.35. The molecule has 0 amide bonds. The van der Waals surface area contributed by atoms with Gasteiger partial charge >= 0.3 is 0 Å². The summed E-state index contributed by atoms with van der Waals surface area (Å²) in [6.07, 6.45) is 3.61. The average Bonchev–Trinajstić information content (AvgIpc) is 2.65. The molecule has 1 aromatic heterocycles. The minimum absolute atomic E-state index is 0.0841. The van der Waals surface area contributed by atoms with E-state index in [2.05, 4.69) is 5.10 Å². The van der Waals surface area contributed by atoms with Crippen molar-refractivity contribution in [2.24, 2.45) is 12.8 Å². The molecule has 1 aromatic rings. The van der Waals surface area contributed by atoms with E-state index in [1.807, 2.05) is 20.2 Å². The topological polar surface area (TPSA) is 62.3 Å². The predicted octanol–water partition coefficient (Wildman–Crippen LogP) is 0.473. The number of hydrogen-bond donors (Lipinski definition) is 1. The molecule has 1 unspecified atom stereocenters. The molecule has 1 rings (SSSR count). The number of hydrogen-bond acceptors (Lipinski definition) is 4. The highest BCUT2D eigenvalue weighted by atomic mass is 16.5. The zero-order chi connectivity index (χ0) is 11.1. The van der Waals surface area contributed by atoms with E-state index in [1.54, 1.807) is 10.9 Å². The van der Waals surface area contributed by atoms with Crippen LogP contribution in [0.5, 0.6) is 0 Å². The Labute approximate surface area is 90.2 Å². The molecule has 0 aliphatic heterocycles. The fourth-order valence-electron chi connectivity index (χ4n) is 1.30. The SMILES string of the molecule is CCOCCOC(CN)c1cnn(C)c1. The van der Waals surface area contributed by atoms with Crippen LogP contribution in [0.15, 0.2) is 12.4 Å². The van der Waals surface area contributed by atoms with Crippen molar-refractivity contribution < 1.29 is 9.47 Å². The van der Waals surface area contributed by atoms with E-state index >= 15 is 0 Å². The van der Waals surface area contributed by atoms with E-state index in [1.165, 1.54) is 0 Å². The van der Waals surface area contributed by atoms with E-state index in [0.29, 0.717) is 26.4 Å². The molecular weight excluding hydrogens is 194 g/mol. The third-order valence-electron chi connectivity index (χ3n) is 2.06. The Bertz CT molecular complexity index is 275. The molecule has 15 heavy (non-hydrogen) atoms. The molecule has 0 bridgehead atoms. The van der Waals surface area contributed by atoms with Crippen molar-refractivity contribution >= 4 is 0 Å². The maximum absolute atomic E-state index is 5.63. The van der Waals surface area contributed by atoms with Gasteiger partial charge in [-0.1, -0.05) is 0 Å². The van der Waals surface area contributed by atoms with Gasteiger partial charge < -0.3 is 15.2 Å². The summed E-state index contributed by atoms with van der Waals surface area (Å²) in [5.41, 5.74) is 6.64. The Hall–Kier alpha value is -0.910. The first kappa shape index (κ1) is 12.2. The smallest absolute Gasteiger partial charge is 0.0978 e. The summed E-state index contributed by atoms with van der Waals surface area (Å²) >= 11 is 0. The highest BCUT2D eigenvalue weighted by Crippen LogP contribution is 2.14. The maximum Gasteiger partial charge on any atom is 0.0978 e. The summed E-state index contributed by atoms with van der Waals surface area (Å²) in [4.78, 5) is 0. The molecule has 0 aliphatic carbocycles. The summed E-state index contributed by atoms with van der Waals surface area (Å²) in [6.45, 7) is 4.29. The average molecular weight is 213 g/mol. The van der Waals surface area contributed by atoms with Crippen molar-refractivity contribution in [1.29, 1.82) is 0 Å². The molecule has 5 nitrogen and oxygen atoms in total. The standard InChI is InChI=1S/C10H19N3O2/c1-3-14-4-5-15-10(6-11)9-7-12-13(2)8-9/h7-8,10H,3-6,11H2,1-2H3. The van der Waals surface area contributed by atoms with Crippen LogP contribution in [0.25, 0.3) is 0 Å². The Morgan fingerprint density at radius 2 is 2.33 bits per heavy atom. The highest BCUT2D eigenvalue weighted by Gasteiger charge is 2.11. The third kappa shape index (κ3) is 3.99. The first-order chi connectivity index (χ1) is 7.27. The van der Waals surface area contributed by atoms with Crippen molar-refractivity contribution in [2.45, 2.75) is 13.0 Å². The van der Waals surface area contributed by atoms with E-state index in [4.69, 9.17) is 15.2 Å². The molecule has 0 aliphatic rings. The summed E-state index contributed by atoms with van der Waals surface area (Å²) in [6, 6.07) is 0. The second kappa shape index (κ2) is 6.55. The monoisotopic (exact) mass is 213 g/mol. The van der Waals surface area contributed by atoms with E-state index in [9.17, 15) is 0 Å². The van der Waals surface area contributed by atoms with Crippen LogP contribution in [0.2, 0.25) is 0 Å². The van der Waals surface area contributed by atoms with Crippen molar-refractivity contribution in [3.05, 3.63) is 18.0 Å². The normalized spacial score (nSPS) is 13.0. The summed E-state index contributed by atoms with van der Waals surface area (Å²) in [7, 11) is 1.87. The Morgan fingerprint density at radius 3 is 2.87 bits per heavy atom. The number of nitrogens with zero attached hydrogens (tertiary/aromatic N) is 2. The molecule has 0 radical (unpaired) electrons. The fourth-order valence-corrected chi connectivity index (χ4v) is 1.30. The van der Waals surface area contributed by atoms with Crippen LogP contribution in [0.1, 0.15) is 18.6 Å². The minimum Gasteiger partial charge on any atom is -0.379 e. The van der Waals surface area contributed by atoms with Gasteiger partial charge in [-0.15, -0.1) is 0 Å². The molecule has 0 aromatic carbocycles. The van der Waals surface area contributed by atoms with E-state index < -0.39 is 0 Å². The van der Waals surface area contributed by atoms with Gasteiger partial charge in [0.15, 0.2) is 0 Å². The van der Waals surface area contributed by atoms with Gasteiger partial charge in [-0.25, -0.2) is 0 Å². The van der Waals surface area contributed by atoms with Gasteiger partial charge in [0.1, 0.15) is 0 Å². The van der Waals surface area contributed by atoms with Crippen LogP contribution in [-0.4, -0.2) is 36.1 Å². The Kier molecular flexibility index (Phi) is 5.31. The molecule has 1 atom stereocenters. The van der Waals surface area contributed by atoms with Crippen LogP contribution >= 0.6 is 0 Å². The molecule has 0 saturated heterocycles. The molecular formula is C10H19N3O2. The minimum atomic E-state index is -0.0841. The number of ether oxygens (including phenoxy) is 2. The van der Waals surface area contributed by atoms with Gasteiger partial charge in [-0.05, 0) is 6.92 Å². The quantitative estimate of drug-likeness (QED) is 0.669. The lowest BCUT2D eigenvalue weighted by molar-refractivity contribution is 0.0104. The summed E-state index contributed by atoms with van der Waals surface area (Å²) in [5.74, 6) is 0. The maximum atomic E-state index is 5.63. The summed E-state index contributed by atoms with van der Waals surface area (Å²) < 4.78 is 12.5. The van der Waals surface area contributed by atoms with Crippen molar-refractivity contribution in [2.75, 3.05) is 26.4 Å². The molecule has 5 heteroatoms. The van der Waals surface area contributed by atoms with Gasteiger partial charge in [0.25, 0.3) is 0 Å². The molecule has 0 fully saturated rings. The van der Waals surface area contributed by atoms with Gasteiger partial charge in [-0.3, -0.25) is 4.68 Å². The molecule has 0 spiro atoms. The van der Waals surface area contributed by atoms with E-state index in [-0.39, 0.29) is 6.10 Å². The predicted molar refractivity (Wildman–Crippen MR) is 57.4 cm³/mol. The largest absolute Gasteiger partial charge is 0.379 e. The lowest BCUT2D eigenvalue weighted by atomic mass is 10.2. The van der Waals surface area contributed by atoms with Crippen LogP contribution in [-0.2, 0) is 16.5 Å². The fraction of sp³-hybridized carbons (Fsp3) is 0.700. The highest BCUT2D eigenvalue weighted by molar-refractivity contribution is 5.08. The summed E-state index contributed by atoms with van der Waals surface area (Å²) in [5, 5.41) is 4.08. The van der Waals surface area contributed by atoms with Gasteiger partial charge in [0, 0.05) is 32.0 Å². The molecule has 1 heterocycles. The van der Waals surface area contributed by atoms with E-state index in [0.717, 1.165) is 5.56 Å². The lowest BCUT2D eigenvalue weighted by Crippen LogP contribution is -2.17. The van der Waals surface area contributed by atoms with Gasteiger partial charge in [-0.2, -0.15) is 5.10 Å². The first-order valence-corrected chi connectivity index (χ1v) is 5.15. The van der Waals surface area contributed by atoms with Gasteiger partial charge in [0.2, 0.25) is 0 Å². The Morgan fingerprint density at radius 1 is 1.53 bits per heavy atom. The van der Waals surface area contributed by atoms with Crippen molar-refractivity contribution in [3.8, 4) is 0 Å². The van der Waals surface area contributed by atoms with Crippen molar-refractivity contribution in [3.63, 3.8) is 0 Å². The zero-order valence-electron chi connectivity index (χ0n) is 9.35. The van der Waals surface area contributed by atoms with Crippen LogP contribution < -0.4 is 5.73 Å². The molecule has 2 N–H and O–H groups in total. The number of aromatic nitrogens is 2. The van der Waals surface area contributed by atoms with Crippen LogP contribution in [0, 0.1) is 0 Å². The number of nitrogens with two attached hydrogens (primary N) is 1. The number of rotatable bonds is 7. The first-order valence-electron chi connectivity index (χ1n) is 5.15. The van der Waals surface area contributed by atoms with Crippen LogP contribution in [0.3, 0.4) is 0 Å². The number of aryl methyl sites for hydroxylation is 1. The van der Waals surface area contributed by atoms with Crippen molar-refractivity contribution in [1.82, 2.24) is 9.78 Å². The second-order valence-electron chi connectivity index (χ2n) is 3.24. The lowest BCUT2D eigenvalue weighted by Gasteiger charge is -2.13.